The molecule has 0 aliphatic heterocycles. The van der Waals surface area contributed by atoms with Crippen LogP contribution < -0.4 is 5.32 Å². The van der Waals surface area contributed by atoms with Gasteiger partial charge in [0.25, 0.3) is 0 Å². The van der Waals surface area contributed by atoms with Crippen LogP contribution in [0, 0.1) is 0 Å². The van der Waals surface area contributed by atoms with Crippen LogP contribution in [0.25, 0.3) is 0 Å². The normalized spacial score (nSPS) is 13.4. The van der Waals surface area contributed by atoms with Crippen molar-refractivity contribution in [1.82, 2.24) is 5.32 Å². The number of carbonyl (C=O) groups excluding carboxylic acids is 2. The highest BCUT2D eigenvalue weighted by Gasteiger charge is 2.23. The van der Waals surface area contributed by atoms with Gasteiger partial charge in [-0.3, -0.25) is 18.6 Å². The molecule has 10 heteroatoms. The van der Waals surface area contributed by atoms with Gasteiger partial charge in [0.05, 0.1) is 13.2 Å². The number of unbranched alkanes of at least 4 members (excludes halogenated alkanes) is 30. The van der Waals surface area contributed by atoms with Crippen LogP contribution in [0.2, 0.25) is 0 Å². The van der Waals surface area contributed by atoms with Crippen LogP contribution >= 0.6 is 7.82 Å². The molecule has 0 bridgehead atoms. The average Bonchev–Trinajstić information content (AvgIpc) is 3.22. The van der Waals surface area contributed by atoms with Crippen molar-refractivity contribution in [2.45, 2.75) is 251 Å². The minimum Gasteiger partial charge on any atom is -0.463 e. The molecule has 0 fully saturated rings. The second kappa shape index (κ2) is 46.0. The first kappa shape index (κ1) is 57.5. The van der Waals surface area contributed by atoms with Crippen molar-refractivity contribution in [2.75, 3.05) is 26.4 Å². The number of hydrogen-bond acceptors (Lipinski definition) is 7. The number of allylic oxidation sites excluding steroid dienone is 4. The Morgan fingerprint density at radius 3 is 1.39 bits per heavy atom. The third-order valence-electron chi connectivity index (χ3n) is 10.9. The first-order valence-corrected chi connectivity index (χ1v) is 26.3. The quantitative estimate of drug-likeness (QED) is 0.0239. The van der Waals surface area contributed by atoms with Crippen molar-refractivity contribution >= 4 is 19.7 Å². The lowest BCUT2D eigenvalue weighted by Gasteiger charge is -2.15. The molecule has 59 heavy (non-hydrogen) atoms. The SMILES string of the molecule is CCCCC/C=C\C/C=C\CCCCCCCCCCCCCCCC(=O)OCC(O)COP(=O)(O)OCCNC(=O)CCCCCCCCCCCCCCCCC. The van der Waals surface area contributed by atoms with Crippen molar-refractivity contribution in [2.24, 2.45) is 0 Å². The van der Waals surface area contributed by atoms with Crippen molar-refractivity contribution in [1.29, 1.82) is 0 Å². The highest BCUT2D eigenvalue weighted by molar-refractivity contribution is 7.47. The van der Waals surface area contributed by atoms with Gasteiger partial charge in [0.2, 0.25) is 5.91 Å². The molecule has 0 aromatic carbocycles. The number of rotatable bonds is 47. The molecule has 0 saturated heterocycles. The first-order chi connectivity index (χ1) is 28.8. The van der Waals surface area contributed by atoms with E-state index in [0.29, 0.717) is 6.42 Å². The van der Waals surface area contributed by atoms with Crippen LogP contribution in [0.1, 0.15) is 245 Å². The fraction of sp³-hybridized carbons (Fsp3) is 0.878. The van der Waals surface area contributed by atoms with Gasteiger partial charge in [-0.2, -0.15) is 0 Å². The second-order valence-electron chi connectivity index (χ2n) is 16.8. The van der Waals surface area contributed by atoms with Gasteiger partial charge in [-0.25, -0.2) is 4.57 Å². The lowest BCUT2D eigenvalue weighted by Crippen LogP contribution is -2.27. The van der Waals surface area contributed by atoms with E-state index in [-0.39, 0.29) is 32.1 Å². The van der Waals surface area contributed by atoms with E-state index in [9.17, 15) is 24.2 Å². The van der Waals surface area contributed by atoms with Crippen molar-refractivity contribution < 1.29 is 37.9 Å². The number of phosphoric ester groups is 1. The average molecular weight is 856 g/mol. The smallest absolute Gasteiger partial charge is 0.463 e. The molecule has 0 aromatic rings. The van der Waals surface area contributed by atoms with Gasteiger partial charge in [0.15, 0.2) is 0 Å². The fourth-order valence-corrected chi connectivity index (χ4v) is 7.88. The van der Waals surface area contributed by atoms with E-state index in [1.807, 2.05) is 0 Å². The molecular formula is C49H94NO8P. The van der Waals surface area contributed by atoms with Crippen LogP contribution in [-0.4, -0.2) is 54.3 Å². The Kier molecular flexibility index (Phi) is 44.8. The lowest BCUT2D eigenvalue weighted by molar-refractivity contribution is -0.147. The number of ether oxygens (including phenoxy) is 1. The predicted molar refractivity (Wildman–Crippen MR) is 248 cm³/mol. The maximum atomic E-state index is 12.1. The molecule has 0 saturated carbocycles. The molecular weight excluding hydrogens is 762 g/mol. The summed E-state index contributed by atoms with van der Waals surface area (Å²) in [5.41, 5.74) is 0. The van der Waals surface area contributed by atoms with Gasteiger partial charge in [0.1, 0.15) is 12.7 Å². The molecule has 2 unspecified atom stereocenters. The standard InChI is InChI=1S/C49H94NO8P/c1-3-5-7-9-11-13-15-17-19-20-21-22-23-24-25-26-28-30-32-34-36-38-40-42-49(53)56-45-47(51)46-58-59(54,55)57-44-43-50-48(52)41-39-37-35-33-31-29-27-18-16-14-12-10-8-6-4-2/h11,13,17,19,47,51H,3-10,12,14-16,18,20-46H2,1-2H3,(H,50,52)(H,54,55)/b13-11-,19-17-. The molecule has 1 amide bonds. The number of phosphoric acid groups is 1. The Hall–Kier alpha value is -1.51. The van der Waals surface area contributed by atoms with Gasteiger partial charge in [0, 0.05) is 19.4 Å². The summed E-state index contributed by atoms with van der Waals surface area (Å²) in [4.78, 5) is 34.0. The van der Waals surface area contributed by atoms with Gasteiger partial charge in [-0.05, 0) is 44.9 Å². The molecule has 0 aliphatic carbocycles. The van der Waals surface area contributed by atoms with E-state index >= 15 is 0 Å². The van der Waals surface area contributed by atoms with Crippen LogP contribution in [0.5, 0.6) is 0 Å². The number of aliphatic hydroxyl groups excluding tert-OH is 1. The summed E-state index contributed by atoms with van der Waals surface area (Å²) in [6.07, 6.45) is 51.1. The van der Waals surface area contributed by atoms with Gasteiger partial charge >= 0.3 is 13.8 Å². The number of hydrogen-bond donors (Lipinski definition) is 3. The summed E-state index contributed by atoms with van der Waals surface area (Å²) in [6.45, 7) is 3.57. The summed E-state index contributed by atoms with van der Waals surface area (Å²) < 4.78 is 27.0. The summed E-state index contributed by atoms with van der Waals surface area (Å²) in [7, 11) is -4.42. The molecule has 0 radical (unpaired) electrons. The van der Waals surface area contributed by atoms with E-state index in [2.05, 4.69) is 43.5 Å². The fourth-order valence-electron chi connectivity index (χ4n) is 7.12. The molecule has 0 heterocycles. The van der Waals surface area contributed by atoms with E-state index in [0.717, 1.165) is 44.9 Å². The molecule has 0 aliphatic rings. The Labute approximate surface area is 363 Å². The van der Waals surface area contributed by atoms with E-state index in [1.165, 1.54) is 173 Å². The number of carbonyl (C=O) groups is 2. The Bertz CT molecular complexity index is 1020. The Morgan fingerprint density at radius 1 is 0.525 bits per heavy atom. The van der Waals surface area contributed by atoms with Crippen molar-refractivity contribution in [3.8, 4) is 0 Å². The van der Waals surface area contributed by atoms with E-state index < -0.39 is 26.5 Å². The molecule has 3 N–H and O–H groups in total. The molecule has 348 valence electrons. The topological polar surface area (TPSA) is 131 Å². The van der Waals surface area contributed by atoms with E-state index in [4.69, 9.17) is 13.8 Å². The zero-order chi connectivity index (χ0) is 43.2. The van der Waals surface area contributed by atoms with Gasteiger partial charge < -0.3 is 20.1 Å². The number of esters is 1. The summed E-state index contributed by atoms with van der Waals surface area (Å²) >= 11 is 0. The zero-order valence-corrected chi connectivity index (χ0v) is 39.4. The molecule has 2 atom stereocenters. The summed E-state index contributed by atoms with van der Waals surface area (Å²) in [5.74, 6) is -0.507. The molecule has 0 aromatic heterocycles. The summed E-state index contributed by atoms with van der Waals surface area (Å²) in [6, 6.07) is 0. The van der Waals surface area contributed by atoms with Crippen molar-refractivity contribution in [3.05, 3.63) is 24.3 Å². The Balaban J connectivity index is 3.53. The molecule has 0 rings (SSSR count). The third kappa shape index (κ3) is 47.4. The maximum Gasteiger partial charge on any atom is 0.472 e. The lowest BCUT2D eigenvalue weighted by atomic mass is 10.0. The minimum absolute atomic E-state index is 0.0860. The number of aliphatic hydroxyl groups is 1. The minimum atomic E-state index is -4.42. The first-order valence-electron chi connectivity index (χ1n) is 24.8. The largest absolute Gasteiger partial charge is 0.472 e. The number of amides is 1. The predicted octanol–water partition coefficient (Wildman–Crippen LogP) is 14.3. The van der Waals surface area contributed by atoms with Crippen molar-refractivity contribution in [3.63, 3.8) is 0 Å². The third-order valence-corrected chi connectivity index (χ3v) is 11.9. The molecule has 9 nitrogen and oxygen atoms in total. The number of nitrogens with one attached hydrogen (secondary N) is 1. The zero-order valence-electron chi connectivity index (χ0n) is 38.5. The highest BCUT2D eigenvalue weighted by Crippen LogP contribution is 2.42. The second-order valence-corrected chi connectivity index (χ2v) is 18.2. The van der Waals surface area contributed by atoms with Gasteiger partial charge in [-0.15, -0.1) is 0 Å². The van der Waals surface area contributed by atoms with Crippen LogP contribution in [0.15, 0.2) is 24.3 Å². The van der Waals surface area contributed by atoms with Crippen LogP contribution in [0.4, 0.5) is 0 Å². The van der Waals surface area contributed by atoms with Gasteiger partial charge in [-0.1, -0.05) is 212 Å². The summed E-state index contributed by atoms with van der Waals surface area (Å²) in [5, 5.41) is 12.7. The monoisotopic (exact) mass is 856 g/mol. The Morgan fingerprint density at radius 2 is 0.915 bits per heavy atom. The maximum absolute atomic E-state index is 12.1. The highest BCUT2D eigenvalue weighted by atomic mass is 31.2. The van der Waals surface area contributed by atoms with Crippen LogP contribution in [0.3, 0.4) is 0 Å². The van der Waals surface area contributed by atoms with Crippen LogP contribution in [-0.2, 0) is 27.9 Å². The van der Waals surface area contributed by atoms with E-state index in [1.54, 1.807) is 0 Å². The molecule has 0 spiro atoms.